The minimum absolute atomic E-state index is 0.0995. The Labute approximate surface area is 114 Å². The summed E-state index contributed by atoms with van der Waals surface area (Å²) in [5, 5.41) is 0. The molecular formula is C17H20F2. The first-order valence-electron chi connectivity index (χ1n) is 6.53. The molecule has 2 aromatic rings. The molecule has 0 saturated heterocycles. The molecule has 0 saturated carbocycles. The molecule has 0 amide bonds. The lowest BCUT2D eigenvalue weighted by Crippen LogP contribution is -1.90. The number of halogens is 2. The Kier molecular flexibility index (Phi) is 6.20. The minimum Gasteiger partial charge on any atom is -0.207 e. The van der Waals surface area contributed by atoms with Crippen molar-refractivity contribution in [3.63, 3.8) is 0 Å². The summed E-state index contributed by atoms with van der Waals surface area (Å²) in [5.74, 6) is 0.0352. The number of hydrogen-bond acceptors (Lipinski definition) is 0. The van der Waals surface area contributed by atoms with Crippen LogP contribution in [0, 0.1) is 11.6 Å². The zero-order valence-corrected chi connectivity index (χ0v) is 11.7. The maximum Gasteiger partial charge on any atom is 0.126 e. The Bertz CT molecular complexity index is 504. The highest BCUT2D eigenvalue weighted by Gasteiger charge is 2.02. The highest BCUT2D eigenvalue weighted by molar-refractivity contribution is 5.20. The average molecular weight is 262 g/mol. The molecule has 0 radical (unpaired) electrons. The van der Waals surface area contributed by atoms with Crippen LogP contribution in [-0.2, 0) is 6.42 Å². The monoisotopic (exact) mass is 262 g/mol. The van der Waals surface area contributed by atoms with Crippen molar-refractivity contribution in [3.8, 4) is 0 Å². The van der Waals surface area contributed by atoms with E-state index in [1.165, 1.54) is 12.1 Å². The normalized spacial score (nSPS) is 10.0. The summed E-state index contributed by atoms with van der Waals surface area (Å²) in [4.78, 5) is 0. The van der Waals surface area contributed by atoms with Crippen molar-refractivity contribution in [2.75, 3.05) is 0 Å². The number of benzene rings is 2. The second kappa shape index (κ2) is 7.67. The lowest BCUT2D eigenvalue weighted by atomic mass is 10.0. The van der Waals surface area contributed by atoms with Crippen molar-refractivity contribution in [2.24, 2.45) is 0 Å². The minimum atomic E-state index is -0.144. The molecule has 0 aromatic heterocycles. The zero-order valence-electron chi connectivity index (χ0n) is 11.7. The molecule has 0 N–H and O–H groups in total. The molecule has 102 valence electrons. The van der Waals surface area contributed by atoms with E-state index < -0.39 is 0 Å². The molecule has 19 heavy (non-hydrogen) atoms. The van der Waals surface area contributed by atoms with Gasteiger partial charge in [-0.2, -0.15) is 0 Å². The van der Waals surface area contributed by atoms with Gasteiger partial charge in [-0.1, -0.05) is 51.1 Å². The maximum atomic E-state index is 12.8. The van der Waals surface area contributed by atoms with Crippen molar-refractivity contribution in [3.05, 3.63) is 71.3 Å². The first-order valence-corrected chi connectivity index (χ1v) is 6.53. The number of hydrogen-bond donors (Lipinski definition) is 0. The molecular weight excluding hydrogens is 242 g/mol. The van der Waals surface area contributed by atoms with E-state index in [0.29, 0.717) is 0 Å². The van der Waals surface area contributed by atoms with Gasteiger partial charge in [-0.15, -0.1) is 0 Å². The van der Waals surface area contributed by atoms with Gasteiger partial charge in [-0.25, -0.2) is 8.78 Å². The predicted octanol–water partition coefficient (Wildman–Crippen LogP) is 5.34. The lowest BCUT2D eigenvalue weighted by molar-refractivity contribution is 0.598. The maximum absolute atomic E-state index is 12.8. The molecule has 0 atom stereocenters. The summed E-state index contributed by atoms with van der Waals surface area (Å²) in [7, 11) is 0. The zero-order chi connectivity index (χ0) is 14.3. The second-order valence-electron chi connectivity index (χ2n) is 4.66. The summed E-state index contributed by atoms with van der Waals surface area (Å²) in [6.45, 7) is 5.98. The Balaban J connectivity index is 0.000000191. The van der Waals surface area contributed by atoms with Gasteiger partial charge in [-0.05, 0) is 41.7 Å². The topological polar surface area (TPSA) is 0 Å². The molecule has 0 aliphatic carbocycles. The van der Waals surface area contributed by atoms with E-state index in [1.54, 1.807) is 18.2 Å². The van der Waals surface area contributed by atoms with E-state index >= 15 is 0 Å². The first-order chi connectivity index (χ1) is 9.04. The van der Waals surface area contributed by atoms with Gasteiger partial charge < -0.3 is 0 Å². The van der Waals surface area contributed by atoms with E-state index in [4.69, 9.17) is 0 Å². The molecule has 2 rings (SSSR count). The van der Waals surface area contributed by atoms with Crippen LogP contribution in [-0.4, -0.2) is 0 Å². The highest BCUT2D eigenvalue weighted by Crippen LogP contribution is 2.16. The molecule has 0 aliphatic heterocycles. The Morgan fingerprint density at radius 2 is 1.63 bits per heavy atom. The SMILES string of the molecule is CC(C)c1ccccc1F.CCc1cccc(F)c1. The Morgan fingerprint density at radius 1 is 0.947 bits per heavy atom. The molecule has 0 spiro atoms. The summed E-state index contributed by atoms with van der Waals surface area (Å²) < 4.78 is 25.2. The van der Waals surface area contributed by atoms with Crippen molar-refractivity contribution in [1.29, 1.82) is 0 Å². The summed E-state index contributed by atoms with van der Waals surface area (Å²) in [5.41, 5.74) is 1.84. The van der Waals surface area contributed by atoms with Crippen molar-refractivity contribution >= 4 is 0 Å². The third-order valence-electron chi connectivity index (χ3n) is 2.82. The van der Waals surface area contributed by atoms with Gasteiger partial charge in [0.1, 0.15) is 11.6 Å². The van der Waals surface area contributed by atoms with E-state index in [2.05, 4.69) is 0 Å². The summed E-state index contributed by atoms with van der Waals surface area (Å²) >= 11 is 0. The van der Waals surface area contributed by atoms with E-state index in [1.807, 2.05) is 39.0 Å². The molecule has 2 aromatic carbocycles. The van der Waals surface area contributed by atoms with Gasteiger partial charge in [-0.3, -0.25) is 0 Å². The van der Waals surface area contributed by atoms with Crippen LogP contribution < -0.4 is 0 Å². The van der Waals surface area contributed by atoms with Crippen LogP contribution >= 0.6 is 0 Å². The Hall–Kier alpha value is -1.70. The van der Waals surface area contributed by atoms with E-state index in [9.17, 15) is 8.78 Å². The van der Waals surface area contributed by atoms with Gasteiger partial charge in [0.2, 0.25) is 0 Å². The van der Waals surface area contributed by atoms with Gasteiger partial charge in [0.15, 0.2) is 0 Å². The van der Waals surface area contributed by atoms with Gasteiger partial charge >= 0.3 is 0 Å². The van der Waals surface area contributed by atoms with Crippen molar-refractivity contribution in [1.82, 2.24) is 0 Å². The van der Waals surface area contributed by atoms with Gasteiger partial charge in [0, 0.05) is 0 Å². The number of rotatable bonds is 2. The van der Waals surface area contributed by atoms with E-state index in [0.717, 1.165) is 17.5 Å². The smallest absolute Gasteiger partial charge is 0.126 e. The van der Waals surface area contributed by atoms with Gasteiger partial charge in [0.25, 0.3) is 0 Å². The fourth-order valence-corrected chi connectivity index (χ4v) is 1.70. The van der Waals surface area contributed by atoms with E-state index in [-0.39, 0.29) is 17.6 Å². The van der Waals surface area contributed by atoms with Crippen molar-refractivity contribution in [2.45, 2.75) is 33.1 Å². The Morgan fingerprint density at radius 3 is 2.05 bits per heavy atom. The number of aryl methyl sites for hydroxylation is 1. The standard InChI is InChI=1S/C9H11F.C8H9F/c1-7(2)8-5-3-4-6-9(8)10;1-2-7-4-3-5-8(9)6-7/h3-7H,1-2H3;3-6H,2H2,1H3. The fourth-order valence-electron chi connectivity index (χ4n) is 1.70. The van der Waals surface area contributed by atoms with Crippen LogP contribution in [0.4, 0.5) is 8.78 Å². The molecule has 0 fully saturated rings. The van der Waals surface area contributed by atoms with Gasteiger partial charge in [0.05, 0.1) is 0 Å². The average Bonchev–Trinajstić information content (AvgIpc) is 2.39. The first kappa shape index (κ1) is 15.4. The van der Waals surface area contributed by atoms with Crippen LogP contribution in [0.3, 0.4) is 0 Å². The molecule has 0 unspecified atom stereocenters. The molecule has 0 aliphatic rings. The predicted molar refractivity (Wildman–Crippen MR) is 76.3 cm³/mol. The van der Waals surface area contributed by atoms with Crippen LogP contribution in [0.25, 0.3) is 0 Å². The lowest BCUT2D eigenvalue weighted by Gasteiger charge is -2.04. The van der Waals surface area contributed by atoms with Crippen LogP contribution in [0.15, 0.2) is 48.5 Å². The van der Waals surface area contributed by atoms with Crippen LogP contribution in [0.2, 0.25) is 0 Å². The van der Waals surface area contributed by atoms with Crippen LogP contribution in [0.1, 0.15) is 37.8 Å². The summed E-state index contributed by atoms with van der Waals surface area (Å²) in [6, 6.07) is 13.5. The molecule has 0 heterocycles. The molecule has 0 nitrogen and oxygen atoms in total. The third kappa shape index (κ3) is 5.21. The van der Waals surface area contributed by atoms with Crippen LogP contribution in [0.5, 0.6) is 0 Å². The third-order valence-corrected chi connectivity index (χ3v) is 2.82. The molecule has 0 bridgehead atoms. The van der Waals surface area contributed by atoms with Crippen molar-refractivity contribution < 1.29 is 8.78 Å². The fraction of sp³-hybridized carbons (Fsp3) is 0.294. The quantitative estimate of drug-likeness (QED) is 0.685. The molecule has 2 heteroatoms. The largest absolute Gasteiger partial charge is 0.207 e. The second-order valence-corrected chi connectivity index (χ2v) is 4.66. The highest BCUT2D eigenvalue weighted by atomic mass is 19.1. The summed E-state index contributed by atoms with van der Waals surface area (Å²) in [6.07, 6.45) is 0.901.